The lowest BCUT2D eigenvalue weighted by molar-refractivity contribution is 0.0696. The van der Waals surface area contributed by atoms with E-state index in [2.05, 4.69) is 40.2 Å². The molecule has 0 aromatic heterocycles. The van der Waals surface area contributed by atoms with Crippen molar-refractivity contribution >= 4 is 82.2 Å². The third-order valence-electron chi connectivity index (χ3n) is 6.67. The average Bonchev–Trinajstić information content (AvgIpc) is 3.06. The van der Waals surface area contributed by atoms with Crippen molar-refractivity contribution in [2.75, 3.05) is 17.7 Å². The summed E-state index contributed by atoms with van der Waals surface area (Å²) < 4.78 is 92.0. The van der Waals surface area contributed by atoms with Crippen LogP contribution in [0.1, 0.15) is 15.9 Å². The van der Waals surface area contributed by atoms with Crippen LogP contribution < -0.4 is 11.1 Å². The van der Waals surface area contributed by atoms with E-state index in [1.165, 1.54) is 49.4 Å². The monoisotopic (exact) mass is 806 g/mol. The van der Waals surface area contributed by atoms with Crippen LogP contribution in [0.4, 0.5) is 44.6 Å². The second-order valence-corrected chi connectivity index (χ2v) is 15.2. The minimum absolute atomic E-state index is 0.00591. The topological polar surface area (TPSA) is 359 Å². The molecule has 0 atom stereocenters. The van der Waals surface area contributed by atoms with E-state index in [0.29, 0.717) is 11.6 Å². The Labute approximate surface area is 305 Å². The quantitative estimate of drug-likeness (QED) is 0.0595. The number of carboxylic acids is 1. The first-order chi connectivity index (χ1) is 25.1. The first-order valence-corrected chi connectivity index (χ1v) is 18.9. The molecule has 0 radical (unpaired) electrons. The first kappa shape index (κ1) is 40.5. The summed E-state index contributed by atoms with van der Waals surface area (Å²) in [6, 6.07) is 11.9. The number of primary amides is 1. The van der Waals surface area contributed by atoms with Crippen molar-refractivity contribution in [2.24, 2.45) is 36.4 Å². The van der Waals surface area contributed by atoms with E-state index in [-0.39, 0.29) is 27.6 Å². The average molecular weight is 807 g/mol. The third kappa shape index (κ3) is 10.6. The van der Waals surface area contributed by atoms with Crippen LogP contribution in [0.3, 0.4) is 0 Å². The minimum Gasteiger partial charge on any atom is -0.505 e. The molecule has 0 aliphatic heterocycles. The van der Waals surface area contributed by atoms with Gasteiger partial charge in [0.2, 0.25) is 0 Å². The van der Waals surface area contributed by atoms with E-state index in [1.807, 2.05) is 0 Å². The van der Waals surface area contributed by atoms with Crippen LogP contribution in [-0.2, 0) is 34.5 Å². The number of aromatic hydroxyl groups is 2. The fraction of sp³-hybridized carbons (Fsp3) is 0.103. The molecule has 8 N–H and O–H groups in total. The molecule has 4 aromatic carbocycles. The second-order valence-electron chi connectivity index (χ2n) is 10.6. The van der Waals surface area contributed by atoms with Crippen LogP contribution in [0, 0.1) is 6.92 Å². The summed E-state index contributed by atoms with van der Waals surface area (Å²) in [4.78, 5) is 22.7. The molecule has 0 heterocycles. The maximum absolute atomic E-state index is 12.4. The van der Waals surface area contributed by atoms with Gasteiger partial charge in [0, 0.05) is 0 Å². The van der Waals surface area contributed by atoms with Gasteiger partial charge in [-0.15, -0.1) is 20.5 Å². The van der Waals surface area contributed by atoms with Crippen molar-refractivity contribution < 1.29 is 63.5 Å². The number of carbonyl (C=O) groups excluding carboxylic acids is 1. The van der Waals surface area contributed by atoms with E-state index in [4.69, 9.17) is 10.3 Å². The Morgan fingerprint density at radius 3 is 1.96 bits per heavy atom. The summed E-state index contributed by atoms with van der Waals surface area (Å²) in [5.41, 5.74) is 3.09. The molecule has 0 saturated heterocycles. The number of nitrogens with zero attached hydrogens (tertiary/aromatic N) is 6. The predicted octanol–water partition coefficient (Wildman–Crippen LogP) is 5.68. The predicted molar refractivity (Wildman–Crippen MR) is 186 cm³/mol. The number of sulfone groups is 1. The summed E-state index contributed by atoms with van der Waals surface area (Å²) in [5.74, 6) is -4.33. The summed E-state index contributed by atoms with van der Waals surface area (Å²) in [7, 11) is -13.6. The Morgan fingerprint density at radius 2 is 1.35 bits per heavy atom. The standard InChI is InChI=1S/C29H26N8O14S3/c1-15-2-8-21(24(12-15)53(45,46)47)35-36-25-19(28(40)41)14-23(38)26(27(25)39)37-33-17-5-9-20(22(13-17)31-29(30)42)34-32-16-3-6-18(7-4-16)52(43,44)11-10-51-54(48,49)50/h2-9,12-14,38-39H,10-11H2,1H3,(H,40,41)(H3,30,31,42)(H,45,46,47)(H,48,49,50). The number of anilines is 1. The van der Waals surface area contributed by atoms with E-state index in [1.54, 1.807) is 0 Å². The number of carbonyl (C=O) groups is 2. The number of phenols is 2. The molecule has 2 amide bonds. The third-order valence-corrected chi connectivity index (χ3v) is 9.71. The van der Waals surface area contributed by atoms with Crippen molar-refractivity contribution in [2.45, 2.75) is 16.7 Å². The van der Waals surface area contributed by atoms with Crippen molar-refractivity contribution in [1.29, 1.82) is 0 Å². The van der Waals surface area contributed by atoms with Gasteiger partial charge in [0.05, 0.1) is 39.9 Å². The molecule has 0 saturated carbocycles. The summed E-state index contributed by atoms with van der Waals surface area (Å²) in [6.07, 6.45) is 0. The van der Waals surface area contributed by atoms with Crippen LogP contribution in [0.5, 0.6) is 11.5 Å². The van der Waals surface area contributed by atoms with Crippen molar-refractivity contribution in [3.05, 3.63) is 77.9 Å². The van der Waals surface area contributed by atoms with E-state index in [9.17, 15) is 54.7 Å². The molecule has 0 spiro atoms. The van der Waals surface area contributed by atoms with E-state index >= 15 is 0 Å². The van der Waals surface area contributed by atoms with Crippen molar-refractivity contribution in [3.63, 3.8) is 0 Å². The molecule has 0 aliphatic carbocycles. The van der Waals surface area contributed by atoms with Gasteiger partial charge in [-0.2, -0.15) is 27.1 Å². The number of carboxylic acid groups (broad SMARTS) is 1. The van der Waals surface area contributed by atoms with Crippen molar-refractivity contribution in [3.8, 4) is 11.5 Å². The molecule has 25 heteroatoms. The lowest BCUT2D eigenvalue weighted by atomic mass is 10.1. The van der Waals surface area contributed by atoms with Gasteiger partial charge in [0.15, 0.2) is 21.3 Å². The SMILES string of the molecule is Cc1ccc(N=Nc2c(C(=O)O)cc(O)c(N=Nc3ccc(N=Nc4ccc(S(=O)(=O)CCOS(=O)(=O)O)cc4)c(NC(N)=O)c3)c2O)c(S(=O)(=O)O)c1. The molecular formula is C29H26N8O14S3. The molecule has 4 rings (SSSR count). The van der Waals surface area contributed by atoms with Crippen molar-refractivity contribution in [1.82, 2.24) is 0 Å². The van der Waals surface area contributed by atoms with Gasteiger partial charge in [-0.1, -0.05) is 6.07 Å². The Bertz CT molecular complexity index is 2560. The van der Waals surface area contributed by atoms with Crippen LogP contribution in [0.25, 0.3) is 0 Å². The lowest BCUT2D eigenvalue weighted by Gasteiger charge is -2.09. The lowest BCUT2D eigenvalue weighted by Crippen LogP contribution is -2.19. The van der Waals surface area contributed by atoms with Gasteiger partial charge in [0.1, 0.15) is 27.7 Å². The Kier molecular flexibility index (Phi) is 12.1. The molecule has 22 nitrogen and oxygen atoms in total. The highest BCUT2D eigenvalue weighted by atomic mass is 32.3. The fourth-order valence-corrected chi connectivity index (χ4v) is 6.42. The number of rotatable bonds is 14. The van der Waals surface area contributed by atoms with Gasteiger partial charge in [-0.3, -0.25) is 9.11 Å². The zero-order valence-electron chi connectivity index (χ0n) is 27.2. The fourth-order valence-electron chi connectivity index (χ4n) is 4.22. The normalized spacial score (nSPS) is 12.5. The van der Waals surface area contributed by atoms with E-state index < -0.39 is 93.7 Å². The Balaban J connectivity index is 1.63. The molecule has 0 aliphatic rings. The zero-order chi connectivity index (χ0) is 40.0. The largest absolute Gasteiger partial charge is 0.505 e. The minimum atomic E-state index is -4.83. The van der Waals surface area contributed by atoms with Crippen LogP contribution in [0.2, 0.25) is 0 Å². The first-order valence-electron chi connectivity index (χ1n) is 14.5. The number of urea groups is 1. The Morgan fingerprint density at radius 1 is 0.759 bits per heavy atom. The second kappa shape index (κ2) is 16.2. The summed E-state index contributed by atoms with van der Waals surface area (Å²) in [6.45, 7) is 0.712. The molecule has 284 valence electrons. The summed E-state index contributed by atoms with van der Waals surface area (Å²) >= 11 is 0. The molecule has 0 fully saturated rings. The highest BCUT2D eigenvalue weighted by Gasteiger charge is 2.23. The number of nitrogens with one attached hydrogen (secondary N) is 1. The number of hydrogen-bond acceptors (Lipinski definition) is 17. The number of azo groups is 3. The maximum Gasteiger partial charge on any atom is 0.397 e. The number of aryl methyl sites for hydroxylation is 1. The van der Waals surface area contributed by atoms with Gasteiger partial charge in [-0.25, -0.2) is 22.2 Å². The van der Waals surface area contributed by atoms with Gasteiger partial charge < -0.3 is 26.4 Å². The van der Waals surface area contributed by atoms with Gasteiger partial charge >= 0.3 is 22.4 Å². The maximum atomic E-state index is 12.4. The highest BCUT2D eigenvalue weighted by Crippen LogP contribution is 2.47. The van der Waals surface area contributed by atoms with Crippen LogP contribution in [0.15, 0.2) is 107 Å². The van der Waals surface area contributed by atoms with Gasteiger partial charge in [-0.05, 0) is 73.2 Å². The number of benzene rings is 4. The zero-order valence-corrected chi connectivity index (χ0v) is 29.6. The molecular weight excluding hydrogens is 781 g/mol. The Hall–Kier alpha value is -6.25. The number of phenolic OH excluding ortho intramolecular Hbond substituents is 2. The molecule has 0 bridgehead atoms. The van der Waals surface area contributed by atoms with E-state index in [0.717, 1.165) is 18.2 Å². The van der Waals surface area contributed by atoms with Crippen LogP contribution in [-0.4, -0.2) is 74.0 Å². The number of amides is 2. The van der Waals surface area contributed by atoms with Gasteiger partial charge in [0.25, 0.3) is 10.1 Å². The number of nitrogens with two attached hydrogens (primary N) is 1. The number of hydrogen-bond donors (Lipinski definition) is 7. The molecule has 4 aromatic rings. The number of aromatic carboxylic acids is 1. The highest BCUT2D eigenvalue weighted by molar-refractivity contribution is 7.91. The molecule has 0 unspecified atom stereocenters. The summed E-state index contributed by atoms with van der Waals surface area (Å²) in [5, 5.41) is 56.2. The smallest absolute Gasteiger partial charge is 0.397 e. The molecule has 54 heavy (non-hydrogen) atoms. The van der Waals surface area contributed by atoms with Crippen LogP contribution >= 0.6 is 0 Å².